The van der Waals surface area contributed by atoms with Crippen molar-refractivity contribution in [1.82, 2.24) is 0 Å². The highest BCUT2D eigenvalue weighted by Crippen LogP contribution is 2.22. The van der Waals surface area contributed by atoms with Gasteiger partial charge in [-0.05, 0) is 55.2 Å². The molecule has 0 radical (unpaired) electrons. The second kappa shape index (κ2) is 7.79. The van der Waals surface area contributed by atoms with Crippen molar-refractivity contribution in [2.24, 2.45) is 0 Å². The number of amides is 1. The molecular weight excluding hydrogens is 371 g/mol. The second-order valence-corrected chi connectivity index (χ2v) is 7.10. The zero-order valence-corrected chi connectivity index (χ0v) is 14.9. The lowest BCUT2D eigenvalue weighted by Crippen LogP contribution is -2.25. The first-order valence-electron chi connectivity index (χ1n) is 8.17. The Morgan fingerprint density at radius 2 is 1.79 bits per heavy atom. The molecule has 1 aliphatic rings. The van der Waals surface area contributed by atoms with E-state index in [4.69, 9.17) is 0 Å². The third-order valence-corrected chi connectivity index (χ3v) is 4.99. The summed E-state index contributed by atoms with van der Waals surface area (Å²) in [5, 5.41) is 2.87. The first-order valence-corrected chi connectivity index (χ1v) is 9.08. The average molecular weight is 391 g/mol. The fourth-order valence-corrected chi connectivity index (χ4v) is 3.36. The number of halogens is 2. The maximum atomic E-state index is 13.7. The van der Waals surface area contributed by atoms with Gasteiger partial charge in [0.25, 0.3) is 0 Å². The third kappa shape index (κ3) is 4.15. The van der Waals surface area contributed by atoms with Gasteiger partial charge in [0.05, 0.1) is 4.83 Å². The molecule has 0 saturated carbocycles. The summed E-state index contributed by atoms with van der Waals surface area (Å²) in [4.78, 5) is 14.1. The Morgan fingerprint density at radius 1 is 1.12 bits per heavy atom. The van der Waals surface area contributed by atoms with E-state index in [9.17, 15) is 9.18 Å². The zero-order chi connectivity index (χ0) is 16.9. The van der Waals surface area contributed by atoms with Gasteiger partial charge >= 0.3 is 0 Å². The van der Waals surface area contributed by atoms with E-state index in [1.165, 1.54) is 24.6 Å². The van der Waals surface area contributed by atoms with Gasteiger partial charge in [0.1, 0.15) is 5.82 Å². The maximum absolute atomic E-state index is 13.7. The normalized spacial score (nSPS) is 15.3. The van der Waals surface area contributed by atoms with Crippen molar-refractivity contribution in [3.05, 3.63) is 59.9 Å². The topological polar surface area (TPSA) is 32.3 Å². The molecule has 1 N–H and O–H groups in total. The zero-order valence-electron chi connectivity index (χ0n) is 13.3. The van der Waals surface area contributed by atoms with Gasteiger partial charge in [-0.3, -0.25) is 4.79 Å². The molecule has 1 fully saturated rings. The van der Waals surface area contributed by atoms with E-state index in [0.29, 0.717) is 12.0 Å². The lowest BCUT2D eigenvalue weighted by Gasteiger charge is -2.18. The molecule has 1 amide bonds. The van der Waals surface area contributed by atoms with Crippen molar-refractivity contribution in [1.29, 1.82) is 0 Å². The second-order valence-electron chi connectivity index (χ2n) is 5.99. The minimum Gasteiger partial charge on any atom is -0.372 e. The number of nitrogens with zero attached hydrogens (tertiary/aromatic N) is 1. The average Bonchev–Trinajstić information content (AvgIpc) is 3.12. The molecule has 1 heterocycles. The standard InChI is InChI=1S/C19H20BrFN2O/c20-17(13-14-5-1-2-6-18(14)21)19(24)22-15-7-9-16(10-8-15)23-11-3-4-12-23/h1-2,5-10,17H,3-4,11-13H2,(H,22,24). The summed E-state index contributed by atoms with van der Waals surface area (Å²) in [7, 11) is 0. The van der Waals surface area contributed by atoms with Crippen molar-refractivity contribution < 1.29 is 9.18 Å². The summed E-state index contributed by atoms with van der Waals surface area (Å²) in [6.07, 6.45) is 2.78. The molecular formula is C19H20BrFN2O. The van der Waals surface area contributed by atoms with E-state index in [2.05, 4.69) is 26.1 Å². The first kappa shape index (κ1) is 17.0. The predicted octanol–water partition coefficient (Wildman–Crippen LogP) is 4.37. The molecule has 24 heavy (non-hydrogen) atoms. The Bertz CT molecular complexity index is 699. The molecule has 126 valence electrons. The molecule has 1 unspecified atom stereocenters. The number of rotatable bonds is 5. The van der Waals surface area contributed by atoms with Gasteiger partial charge in [-0.25, -0.2) is 4.39 Å². The number of anilines is 2. The fraction of sp³-hybridized carbons (Fsp3) is 0.316. The van der Waals surface area contributed by atoms with Crippen LogP contribution in [0.1, 0.15) is 18.4 Å². The quantitative estimate of drug-likeness (QED) is 0.768. The summed E-state index contributed by atoms with van der Waals surface area (Å²) in [5.41, 5.74) is 2.46. The van der Waals surface area contributed by atoms with Crippen molar-refractivity contribution in [3.8, 4) is 0 Å². The van der Waals surface area contributed by atoms with Gasteiger partial charge < -0.3 is 10.2 Å². The molecule has 2 aromatic rings. The maximum Gasteiger partial charge on any atom is 0.238 e. The van der Waals surface area contributed by atoms with Crippen LogP contribution in [0.15, 0.2) is 48.5 Å². The van der Waals surface area contributed by atoms with E-state index < -0.39 is 4.83 Å². The molecule has 1 aliphatic heterocycles. The van der Waals surface area contributed by atoms with Gasteiger partial charge in [-0.15, -0.1) is 0 Å². The highest BCUT2D eigenvalue weighted by molar-refractivity contribution is 9.10. The highest BCUT2D eigenvalue weighted by atomic mass is 79.9. The van der Waals surface area contributed by atoms with Crippen molar-refractivity contribution >= 4 is 33.2 Å². The van der Waals surface area contributed by atoms with Crippen molar-refractivity contribution in [2.75, 3.05) is 23.3 Å². The number of nitrogens with one attached hydrogen (secondary N) is 1. The van der Waals surface area contributed by atoms with Crippen LogP contribution in [0.25, 0.3) is 0 Å². The van der Waals surface area contributed by atoms with Gasteiger partial charge in [-0.2, -0.15) is 0 Å². The SMILES string of the molecule is O=C(Nc1ccc(N2CCCC2)cc1)C(Br)Cc1ccccc1F. The van der Waals surface area contributed by atoms with Crippen LogP contribution in [0, 0.1) is 5.82 Å². The Morgan fingerprint density at radius 3 is 2.46 bits per heavy atom. The summed E-state index contributed by atoms with van der Waals surface area (Å²) >= 11 is 3.35. The predicted molar refractivity (Wildman–Crippen MR) is 99.3 cm³/mol. The number of benzene rings is 2. The van der Waals surface area contributed by atoms with Crippen LogP contribution >= 0.6 is 15.9 Å². The molecule has 3 rings (SSSR count). The van der Waals surface area contributed by atoms with E-state index >= 15 is 0 Å². The van der Waals surface area contributed by atoms with Crippen LogP contribution < -0.4 is 10.2 Å². The molecule has 0 aromatic heterocycles. The molecule has 1 saturated heterocycles. The van der Waals surface area contributed by atoms with Crippen LogP contribution in [0.4, 0.5) is 15.8 Å². The summed E-state index contributed by atoms with van der Waals surface area (Å²) < 4.78 is 13.7. The lowest BCUT2D eigenvalue weighted by atomic mass is 10.1. The fourth-order valence-electron chi connectivity index (χ4n) is 2.90. The monoisotopic (exact) mass is 390 g/mol. The number of hydrogen-bond acceptors (Lipinski definition) is 2. The first-order chi connectivity index (χ1) is 11.6. The minimum absolute atomic E-state index is 0.174. The van der Waals surface area contributed by atoms with E-state index in [-0.39, 0.29) is 11.7 Å². The van der Waals surface area contributed by atoms with Gasteiger partial charge in [0.2, 0.25) is 5.91 Å². The van der Waals surface area contributed by atoms with Gasteiger partial charge in [0, 0.05) is 24.5 Å². The molecule has 0 aliphatic carbocycles. The van der Waals surface area contributed by atoms with Gasteiger partial charge in [-0.1, -0.05) is 34.1 Å². The number of alkyl halides is 1. The summed E-state index contributed by atoms with van der Waals surface area (Å²) in [5.74, 6) is -0.461. The number of hydrogen-bond donors (Lipinski definition) is 1. The van der Waals surface area contributed by atoms with Crippen LogP contribution in [0.2, 0.25) is 0 Å². The largest absolute Gasteiger partial charge is 0.372 e. The molecule has 0 bridgehead atoms. The Balaban J connectivity index is 1.58. The van der Waals surface area contributed by atoms with Crippen LogP contribution in [0.3, 0.4) is 0 Å². The van der Waals surface area contributed by atoms with E-state index in [1.54, 1.807) is 18.2 Å². The molecule has 5 heteroatoms. The number of carbonyl (C=O) groups is 1. The van der Waals surface area contributed by atoms with E-state index in [1.807, 2.05) is 24.3 Å². The van der Waals surface area contributed by atoms with Crippen LogP contribution in [-0.4, -0.2) is 23.8 Å². The van der Waals surface area contributed by atoms with Crippen molar-refractivity contribution in [2.45, 2.75) is 24.1 Å². The summed E-state index contributed by atoms with van der Waals surface area (Å²) in [6.45, 7) is 2.19. The Kier molecular flexibility index (Phi) is 5.51. The molecule has 0 spiro atoms. The Hall–Kier alpha value is -1.88. The highest BCUT2D eigenvalue weighted by Gasteiger charge is 2.18. The van der Waals surface area contributed by atoms with Crippen LogP contribution in [0.5, 0.6) is 0 Å². The third-order valence-electron chi connectivity index (χ3n) is 4.25. The Labute approximate surface area is 150 Å². The van der Waals surface area contributed by atoms with Crippen LogP contribution in [-0.2, 0) is 11.2 Å². The minimum atomic E-state index is -0.479. The van der Waals surface area contributed by atoms with Gasteiger partial charge in [0.15, 0.2) is 0 Å². The smallest absolute Gasteiger partial charge is 0.238 e. The molecule has 3 nitrogen and oxygen atoms in total. The van der Waals surface area contributed by atoms with Crippen molar-refractivity contribution in [3.63, 3.8) is 0 Å². The van der Waals surface area contributed by atoms with E-state index in [0.717, 1.165) is 18.8 Å². The summed E-state index contributed by atoms with van der Waals surface area (Å²) in [6, 6.07) is 14.4. The lowest BCUT2D eigenvalue weighted by molar-refractivity contribution is -0.115. The number of carbonyl (C=O) groups excluding carboxylic acids is 1. The molecule has 2 aromatic carbocycles. The molecule has 1 atom stereocenters.